The van der Waals surface area contributed by atoms with E-state index in [0.717, 1.165) is 11.0 Å². The molecule has 0 saturated carbocycles. The number of urea groups is 1. The molecule has 0 saturated heterocycles. The van der Waals surface area contributed by atoms with Crippen molar-refractivity contribution in [2.45, 2.75) is 19.8 Å². The molecule has 0 aliphatic heterocycles. The molecular weight excluding hydrogens is 328 g/mol. The molecule has 1 aromatic carbocycles. The Morgan fingerprint density at radius 2 is 1.96 bits per heavy atom. The number of aromatic hydroxyl groups is 1. The molecule has 25 heavy (non-hydrogen) atoms. The number of phenolic OH excluding ortho intramolecular Hbond substituents is 1. The largest absolute Gasteiger partial charge is 0.502 e. The van der Waals surface area contributed by atoms with Gasteiger partial charge in [-0.25, -0.2) is 4.79 Å². The van der Waals surface area contributed by atoms with Gasteiger partial charge in [0.25, 0.3) is 0 Å². The molecule has 9 nitrogen and oxygen atoms in total. The maximum Gasteiger partial charge on any atom is 0.324 e. The lowest BCUT2D eigenvalue weighted by Gasteiger charge is -2.22. The van der Waals surface area contributed by atoms with Crippen molar-refractivity contribution in [1.82, 2.24) is 15.1 Å². The molecule has 9 heteroatoms. The predicted octanol–water partition coefficient (Wildman–Crippen LogP) is 1.35. The van der Waals surface area contributed by atoms with Crippen LogP contribution in [0.5, 0.6) is 5.75 Å². The van der Waals surface area contributed by atoms with Gasteiger partial charge in [-0.05, 0) is 45.6 Å². The summed E-state index contributed by atoms with van der Waals surface area (Å²) in [4.78, 5) is 37.8. The number of carbonyl (C=O) groups excluding carboxylic acids is 2. The summed E-state index contributed by atoms with van der Waals surface area (Å²) in [5.41, 5.74) is -0.112. The summed E-state index contributed by atoms with van der Waals surface area (Å²) in [7, 11) is 3.79. The highest BCUT2D eigenvalue weighted by molar-refractivity contribution is 5.95. The monoisotopic (exact) mass is 352 g/mol. The van der Waals surface area contributed by atoms with E-state index in [2.05, 4.69) is 5.32 Å². The molecule has 1 rings (SSSR count). The van der Waals surface area contributed by atoms with Gasteiger partial charge in [0.05, 0.1) is 11.3 Å². The molecule has 0 radical (unpaired) electrons. The van der Waals surface area contributed by atoms with Gasteiger partial charge in [-0.15, -0.1) is 0 Å². The molecule has 3 amide bonds. The Morgan fingerprint density at radius 1 is 1.28 bits per heavy atom. The number of nitro benzene ring substituents is 1. The highest BCUT2D eigenvalue weighted by Crippen LogP contribution is 2.26. The first-order chi connectivity index (χ1) is 11.8. The molecule has 2 N–H and O–H groups in total. The van der Waals surface area contributed by atoms with E-state index in [1.807, 2.05) is 19.0 Å². The Hall–Kier alpha value is -2.68. The van der Waals surface area contributed by atoms with Crippen LogP contribution in [0.15, 0.2) is 18.2 Å². The molecule has 0 atom stereocenters. The maximum absolute atomic E-state index is 12.5. The van der Waals surface area contributed by atoms with Gasteiger partial charge in [0.2, 0.25) is 5.91 Å². The lowest BCUT2D eigenvalue weighted by molar-refractivity contribution is -0.385. The number of imide groups is 1. The van der Waals surface area contributed by atoms with E-state index in [4.69, 9.17) is 0 Å². The summed E-state index contributed by atoms with van der Waals surface area (Å²) in [6, 6.07) is 3.25. The van der Waals surface area contributed by atoms with Gasteiger partial charge in [-0.3, -0.25) is 19.8 Å². The van der Waals surface area contributed by atoms with Gasteiger partial charge in [0.15, 0.2) is 5.75 Å². The Kier molecular flexibility index (Phi) is 7.80. The number of nitrogens with one attached hydrogen (secondary N) is 1. The van der Waals surface area contributed by atoms with E-state index in [9.17, 15) is 24.8 Å². The normalized spacial score (nSPS) is 10.6. The second-order valence-corrected chi connectivity index (χ2v) is 5.79. The van der Waals surface area contributed by atoms with Crippen molar-refractivity contribution in [2.75, 3.05) is 33.7 Å². The third-order valence-corrected chi connectivity index (χ3v) is 3.45. The fourth-order valence-corrected chi connectivity index (χ4v) is 2.23. The fraction of sp³-hybridized carbons (Fsp3) is 0.500. The number of nitrogens with zero attached hydrogens (tertiary/aromatic N) is 3. The number of rotatable bonds is 8. The molecule has 0 aromatic heterocycles. The highest BCUT2D eigenvalue weighted by Gasteiger charge is 2.22. The summed E-state index contributed by atoms with van der Waals surface area (Å²) < 4.78 is 0. The van der Waals surface area contributed by atoms with Gasteiger partial charge in [-0.1, -0.05) is 6.07 Å². The van der Waals surface area contributed by atoms with E-state index in [-0.39, 0.29) is 13.0 Å². The van der Waals surface area contributed by atoms with Crippen molar-refractivity contribution >= 4 is 17.6 Å². The Labute approximate surface area is 146 Å². The smallest absolute Gasteiger partial charge is 0.324 e. The summed E-state index contributed by atoms with van der Waals surface area (Å²) in [6.45, 7) is 3.11. The maximum atomic E-state index is 12.5. The van der Waals surface area contributed by atoms with Crippen LogP contribution in [0.25, 0.3) is 0 Å². The molecule has 0 heterocycles. The van der Waals surface area contributed by atoms with E-state index < -0.39 is 28.3 Å². The topological polar surface area (TPSA) is 116 Å². The van der Waals surface area contributed by atoms with Crippen LogP contribution in [0.4, 0.5) is 10.5 Å². The van der Waals surface area contributed by atoms with Crippen molar-refractivity contribution in [2.24, 2.45) is 0 Å². The first kappa shape index (κ1) is 20.4. The number of amides is 3. The second-order valence-electron chi connectivity index (χ2n) is 5.79. The van der Waals surface area contributed by atoms with Crippen LogP contribution in [0.3, 0.4) is 0 Å². The first-order valence-corrected chi connectivity index (χ1v) is 7.95. The summed E-state index contributed by atoms with van der Waals surface area (Å²) in [5.74, 6) is -0.919. The second kappa shape index (κ2) is 9.58. The average Bonchev–Trinajstić information content (AvgIpc) is 2.52. The molecular formula is C16H24N4O5. The molecule has 0 unspecified atom stereocenters. The zero-order chi connectivity index (χ0) is 19.0. The minimum absolute atomic E-state index is 0.166. The van der Waals surface area contributed by atoms with Crippen molar-refractivity contribution in [1.29, 1.82) is 0 Å². The Bertz CT molecular complexity index is 633. The predicted molar refractivity (Wildman–Crippen MR) is 92.4 cm³/mol. The average molecular weight is 352 g/mol. The number of nitro groups is 1. The molecule has 0 aliphatic rings. The molecule has 1 aromatic rings. The van der Waals surface area contributed by atoms with Gasteiger partial charge < -0.3 is 15.3 Å². The quantitative estimate of drug-likeness (QED) is 0.539. The molecule has 0 spiro atoms. The van der Waals surface area contributed by atoms with E-state index in [1.54, 1.807) is 6.92 Å². The lowest BCUT2D eigenvalue weighted by atomic mass is 10.1. The van der Waals surface area contributed by atoms with Crippen molar-refractivity contribution in [3.05, 3.63) is 33.9 Å². The zero-order valence-electron chi connectivity index (χ0n) is 14.7. The Balaban J connectivity index is 2.88. The molecule has 0 aliphatic carbocycles. The summed E-state index contributed by atoms with van der Waals surface area (Å²) in [6.07, 6.45) is 0.450. The molecule has 138 valence electrons. The van der Waals surface area contributed by atoms with E-state index in [0.29, 0.717) is 25.1 Å². The van der Waals surface area contributed by atoms with Crippen LogP contribution < -0.4 is 5.32 Å². The number of carbonyl (C=O) groups is 2. The van der Waals surface area contributed by atoms with Crippen LogP contribution in [-0.4, -0.2) is 65.5 Å². The van der Waals surface area contributed by atoms with Crippen molar-refractivity contribution in [3.63, 3.8) is 0 Å². The minimum atomic E-state index is -0.720. The molecule has 0 fully saturated rings. The number of benzene rings is 1. The van der Waals surface area contributed by atoms with E-state index >= 15 is 0 Å². The standard InChI is InChI=1S/C16H24N4O5/c1-4-17-16(23)19(9-5-8-18(2)3)15(22)11-12-6-7-14(21)13(10-12)20(24)25/h6-7,10,21H,4-5,8-9,11H2,1-3H3,(H,17,23). The van der Waals surface area contributed by atoms with Gasteiger partial charge in [0.1, 0.15) is 0 Å². The number of phenols is 1. The third kappa shape index (κ3) is 6.38. The van der Waals surface area contributed by atoms with Crippen LogP contribution in [0, 0.1) is 10.1 Å². The van der Waals surface area contributed by atoms with Crippen LogP contribution in [0.2, 0.25) is 0 Å². The van der Waals surface area contributed by atoms with E-state index in [1.165, 1.54) is 12.1 Å². The minimum Gasteiger partial charge on any atom is -0.502 e. The van der Waals surface area contributed by atoms with Crippen molar-refractivity contribution < 1.29 is 19.6 Å². The number of hydrogen-bond donors (Lipinski definition) is 2. The van der Waals surface area contributed by atoms with Crippen LogP contribution in [-0.2, 0) is 11.2 Å². The van der Waals surface area contributed by atoms with Crippen LogP contribution >= 0.6 is 0 Å². The number of hydrogen-bond acceptors (Lipinski definition) is 6. The first-order valence-electron chi connectivity index (χ1n) is 7.95. The van der Waals surface area contributed by atoms with Gasteiger partial charge >= 0.3 is 11.7 Å². The zero-order valence-corrected chi connectivity index (χ0v) is 14.7. The molecule has 0 bridgehead atoms. The third-order valence-electron chi connectivity index (χ3n) is 3.45. The highest BCUT2D eigenvalue weighted by atomic mass is 16.6. The summed E-state index contributed by atoms with van der Waals surface area (Å²) >= 11 is 0. The van der Waals surface area contributed by atoms with Gasteiger partial charge in [0, 0.05) is 19.2 Å². The lowest BCUT2D eigenvalue weighted by Crippen LogP contribution is -2.45. The van der Waals surface area contributed by atoms with Crippen LogP contribution in [0.1, 0.15) is 18.9 Å². The Morgan fingerprint density at radius 3 is 2.52 bits per heavy atom. The SMILES string of the molecule is CCNC(=O)N(CCCN(C)C)C(=O)Cc1ccc(O)c([N+](=O)[O-])c1. The van der Waals surface area contributed by atoms with Gasteiger partial charge in [-0.2, -0.15) is 0 Å². The summed E-state index contributed by atoms with van der Waals surface area (Å²) in [5, 5.41) is 22.9. The van der Waals surface area contributed by atoms with Crippen molar-refractivity contribution in [3.8, 4) is 5.75 Å². The fourth-order valence-electron chi connectivity index (χ4n) is 2.23.